The maximum atomic E-state index is 4.78. The van der Waals surface area contributed by atoms with Crippen molar-refractivity contribution in [2.75, 3.05) is 0 Å². The summed E-state index contributed by atoms with van der Waals surface area (Å²) in [7, 11) is 0. The largest absolute Gasteiger partial charge is 0.306 e. The first-order valence-corrected chi connectivity index (χ1v) is 8.72. The number of aromatic amines is 1. The molecule has 0 bridgehead atoms. The van der Waals surface area contributed by atoms with E-state index in [1.54, 1.807) is 0 Å². The van der Waals surface area contributed by atoms with Crippen LogP contribution < -0.4 is 5.32 Å². The van der Waals surface area contributed by atoms with Gasteiger partial charge in [0.1, 0.15) is 0 Å². The summed E-state index contributed by atoms with van der Waals surface area (Å²) < 4.78 is 0. The lowest BCUT2D eigenvalue weighted by Gasteiger charge is -2.26. The molecule has 2 N–H and O–H groups in total. The lowest BCUT2D eigenvalue weighted by Crippen LogP contribution is -2.33. The zero-order valence-electron chi connectivity index (χ0n) is 13.1. The first kappa shape index (κ1) is 14.7. The van der Waals surface area contributed by atoms with Crippen molar-refractivity contribution < 1.29 is 0 Å². The minimum atomic E-state index is 0.427. The van der Waals surface area contributed by atoms with Gasteiger partial charge in [-0.3, -0.25) is 5.10 Å². The molecule has 2 atom stereocenters. The van der Waals surface area contributed by atoms with Crippen molar-refractivity contribution in [3.05, 3.63) is 33.0 Å². The van der Waals surface area contributed by atoms with Crippen LogP contribution in [0.5, 0.6) is 0 Å². The number of fused-ring (bicyclic) bond motifs is 1. The third kappa shape index (κ3) is 3.35. The molecule has 3 rings (SSSR count). The van der Waals surface area contributed by atoms with Crippen molar-refractivity contribution in [2.24, 2.45) is 0 Å². The number of rotatable bonds is 5. The van der Waals surface area contributed by atoms with E-state index >= 15 is 0 Å². The summed E-state index contributed by atoms with van der Waals surface area (Å²) >= 11 is 1.90. The number of hydrogen-bond donors (Lipinski definition) is 2. The van der Waals surface area contributed by atoms with Crippen LogP contribution in [0.3, 0.4) is 0 Å². The van der Waals surface area contributed by atoms with E-state index in [1.807, 2.05) is 18.3 Å². The smallest absolute Gasteiger partial charge is 0.0928 e. The first-order chi connectivity index (χ1) is 10.2. The zero-order valence-corrected chi connectivity index (χ0v) is 13.9. The molecule has 2 heterocycles. The Hall–Kier alpha value is -1.20. The predicted octanol–water partition coefficient (Wildman–Crippen LogP) is 3.34. The fourth-order valence-corrected chi connectivity index (χ4v) is 4.22. The van der Waals surface area contributed by atoms with E-state index in [4.69, 9.17) is 4.98 Å². The molecule has 0 aliphatic heterocycles. The van der Waals surface area contributed by atoms with Gasteiger partial charge in [-0.25, -0.2) is 4.98 Å². The maximum absolute atomic E-state index is 4.78. The number of aryl methyl sites for hydroxylation is 3. The number of thiazole rings is 1. The number of nitrogens with zero attached hydrogens (tertiary/aromatic N) is 2. The van der Waals surface area contributed by atoms with Crippen molar-refractivity contribution in [2.45, 2.75) is 65.0 Å². The summed E-state index contributed by atoms with van der Waals surface area (Å²) in [5.41, 5.74) is 3.61. The summed E-state index contributed by atoms with van der Waals surface area (Å²) in [6, 6.07) is 3.03. The van der Waals surface area contributed by atoms with Crippen molar-refractivity contribution in [1.29, 1.82) is 0 Å². The third-order valence-corrected chi connectivity index (χ3v) is 5.41. The van der Waals surface area contributed by atoms with Crippen LogP contribution >= 0.6 is 11.3 Å². The molecule has 0 amide bonds. The van der Waals surface area contributed by atoms with E-state index in [9.17, 15) is 0 Å². The van der Waals surface area contributed by atoms with Gasteiger partial charge in [0, 0.05) is 29.1 Å². The second-order valence-electron chi connectivity index (χ2n) is 6.03. The molecule has 0 fully saturated rings. The molecule has 2 aromatic rings. The van der Waals surface area contributed by atoms with Gasteiger partial charge in [0.05, 0.1) is 16.4 Å². The van der Waals surface area contributed by atoms with E-state index in [0.717, 1.165) is 30.7 Å². The van der Waals surface area contributed by atoms with E-state index in [-0.39, 0.29) is 0 Å². The highest BCUT2D eigenvalue weighted by Gasteiger charge is 2.25. The Morgan fingerprint density at radius 3 is 3.10 bits per heavy atom. The molecule has 5 heteroatoms. The van der Waals surface area contributed by atoms with Crippen molar-refractivity contribution >= 4 is 11.3 Å². The summed E-state index contributed by atoms with van der Waals surface area (Å²) in [6.45, 7) is 6.49. The highest BCUT2D eigenvalue weighted by molar-refractivity contribution is 7.11. The molecule has 1 aliphatic carbocycles. The summed E-state index contributed by atoms with van der Waals surface area (Å²) in [5, 5.41) is 12.4. The Bertz CT molecular complexity index is 601. The monoisotopic (exact) mass is 304 g/mol. The molecule has 0 radical (unpaired) electrons. The number of hydrogen-bond acceptors (Lipinski definition) is 4. The van der Waals surface area contributed by atoms with Crippen LogP contribution in [-0.2, 0) is 19.3 Å². The molecule has 0 saturated heterocycles. The third-order valence-electron chi connectivity index (χ3n) is 4.06. The second-order valence-corrected chi connectivity index (χ2v) is 7.15. The Morgan fingerprint density at radius 2 is 2.38 bits per heavy atom. The van der Waals surface area contributed by atoms with Crippen molar-refractivity contribution in [1.82, 2.24) is 20.5 Å². The second kappa shape index (κ2) is 6.28. The minimum absolute atomic E-state index is 0.427. The molecule has 0 saturated carbocycles. The van der Waals surface area contributed by atoms with E-state index < -0.39 is 0 Å². The summed E-state index contributed by atoms with van der Waals surface area (Å²) in [6.07, 6.45) is 5.63. The fourth-order valence-electron chi connectivity index (χ4n) is 3.08. The first-order valence-electron chi connectivity index (χ1n) is 7.91. The minimum Gasteiger partial charge on any atom is -0.306 e. The van der Waals surface area contributed by atoms with E-state index in [2.05, 4.69) is 35.4 Å². The zero-order chi connectivity index (χ0) is 14.8. The van der Waals surface area contributed by atoms with Crippen molar-refractivity contribution in [3.63, 3.8) is 0 Å². The molecule has 2 unspecified atom stereocenters. The van der Waals surface area contributed by atoms with Crippen molar-refractivity contribution in [3.8, 4) is 0 Å². The molecular weight excluding hydrogens is 280 g/mol. The quantitative estimate of drug-likeness (QED) is 0.891. The molecular formula is C16H24N4S. The van der Waals surface area contributed by atoms with Crippen LogP contribution in [0.15, 0.2) is 6.07 Å². The Morgan fingerprint density at radius 1 is 1.52 bits per heavy atom. The number of H-pyrrole nitrogens is 1. The van der Waals surface area contributed by atoms with E-state index in [0.29, 0.717) is 12.1 Å². The van der Waals surface area contributed by atoms with Gasteiger partial charge in [0.15, 0.2) is 0 Å². The molecule has 2 aromatic heterocycles. The highest BCUT2D eigenvalue weighted by Crippen LogP contribution is 2.34. The highest BCUT2D eigenvalue weighted by atomic mass is 32.1. The summed E-state index contributed by atoms with van der Waals surface area (Å²) in [5.74, 6) is 0. The SMILES string of the molecule is CCc1nc2c(s1)C(NC(C)Cc1cc(C)[nH]n1)CCC2. The average molecular weight is 304 g/mol. The normalized spacial score (nSPS) is 19.5. The fraction of sp³-hybridized carbons (Fsp3) is 0.625. The van der Waals surface area contributed by atoms with Gasteiger partial charge in [-0.15, -0.1) is 11.3 Å². The van der Waals surface area contributed by atoms with Crippen LogP contribution in [0, 0.1) is 6.92 Å². The number of aromatic nitrogens is 3. The standard InChI is InChI=1S/C16H24N4S/c1-4-15-18-14-7-5-6-13(16(14)21-15)17-10(2)8-12-9-11(3)19-20-12/h9-10,13,17H,4-8H2,1-3H3,(H,19,20). The van der Waals surface area contributed by atoms with Gasteiger partial charge in [0.2, 0.25) is 0 Å². The number of nitrogens with one attached hydrogen (secondary N) is 2. The van der Waals surface area contributed by atoms with Gasteiger partial charge in [-0.2, -0.15) is 5.10 Å². The van der Waals surface area contributed by atoms with Crippen LogP contribution in [0.1, 0.15) is 59.7 Å². The van der Waals surface area contributed by atoms with Gasteiger partial charge < -0.3 is 5.32 Å². The van der Waals surface area contributed by atoms with Gasteiger partial charge in [0.25, 0.3) is 0 Å². The predicted molar refractivity (Wildman–Crippen MR) is 86.8 cm³/mol. The van der Waals surface area contributed by atoms with Crippen LogP contribution in [0.2, 0.25) is 0 Å². The molecule has 0 aromatic carbocycles. The Labute approximate surface area is 130 Å². The van der Waals surface area contributed by atoms with Crippen LogP contribution in [0.4, 0.5) is 0 Å². The topological polar surface area (TPSA) is 53.6 Å². The Balaban J connectivity index is 1.66. The molecule has 1 aliphatic rings. The Kier molecular flexibility index (Phi) is 4.40. The van der Waals surface area contributed by atoms with Gasteiger partial charge in [-0.05, 0) is 45.6 Å². The van der Waals surface area contributed by atoms with Gasteiger partial charge >= 0.3 is 0 Å². The lowest BCUT2D eigenvalue weighted by atomic mass is 9.97. The molecule has 0 spiro atoms. The van der Waals surface area contributed by atoms with Gasteiger partial charge in [-0.1, -0.05) is 6.92 Å². The molecule has 114 valence electrons. The molecule has 21 heavy (non-hydrogen) atoms. The molecule has 4 nitrogen and oxygen atoms in total. The average Bonchev–Trinajstić information content (AvgIpc) is 3.05. The maximum Gasteiger partial charge on any atom is 0.0928 e. The lowest BCUT2D eigenvalue weighted by molar-refractivity contribution is 0.409. The van der Waals surface area contributed by atoms with E-state index in [1.165, 1.54) is 28.4 Å². The van der Waals surface area contributed by atoms with Crippen LogP contribution in [0.25, 0.3) is 0 Å². The van der Waals surface area contributed by atoms with Crippen LogP contribution in [-0.4, -0.2) is 21.2 Å². The summed E-state index contributed by atoms with van der Waals surface area (Å²) in [4.78, 5) is 6.25.